The molecule has 5 heteroatoms. The Kier molecular flexibility index (Phi) is 7.07. The third-order valence-corrected chi connectivity index (χ3v) is 4.71. The Balaban J connectivity index is 1.67. The van der Waals surface area contributed by atoms with Gasteiger partial charge >= 0.3 is 0 Å². The van der Waals surface area contributed by atoms with Crippen molar-refractivity contribution in [1.82, 2.24) is 5.32 Å². The highest BCUT2D eigenvalue weighted by Gasteiger charge is 2.07. The fourth-order valence-electron chi connectivity index (χ4n) is 2.36. The minimum atomic E-state index is -0.101. The van der Waals surface area contributed by atoms with E-state index in [-0.39, 0.29) is 23.3 Å². The van der Waals surface area contributed by atoms with Crippen LogP contribution < -0.4 is 10.6 Å². The second-order valence-corrected chi connectivity index (χ2v) is 7.10. The van der Waals surface area contributed by atoms with Crippen molar-refractivity contribution in [3.63, 3.8) is 0 Å². The summed E-state index contributed by atoms with van der Waals surface area (Å²) in [5.74, 6) is 0.362. The summed E-state index contributed by atoms with van der Waals surface area (Å²) in [5.41, 5.74) is 5.41. The number of carbonyl (C=O) groups is 2. The molecule has 0 aliphatic rings. The summed E-state index contributed by atoms with van der Waals surface area (Å²) >= 11 is 1.31. The van der Waals surface area contributed by atoms with Gasteiger partial charge in [-0.25, -0.2) is 0 Å². The summed E-state index contributed by atoms with van der Waals surface area (Å²) in [5, 5.41) is 5.72. The van der Waals surface area contributed by atoms with Gasteiger partial charge in [0.1, 0.15) is 0 Å². The van der Waals surface area contributed by atoms with Gasteiger partial charge in [-0.2, -0.15) is 0 Å². The number of benzene rings is 2. The number of carbonyl (C=O) groups excluding carboxylic acids is 2. The van der Waals surface area contributed by atoms with Gasteiger partial charge in [-0.15, -0.1) is 11.8 Å². The number of rotatable bonds is 7. The van der Waals surface area contributed by atoms with Crippen LogP contribution in [0, 0.1) is 20.8 Å². The van der Waals surface area contributed by atoms with Crippen molar-refractivity contribution in [2.24, 2.45) is 0 Å². The van der Waals surface area contributed by atoms with Gasteiger partial charge in [0.2, 0.25) is 11.8 Å². The van der Waals surface area contributed by atoms with Crippen LogP contribution in [0.3, 0.4) is 0 Å². The molecular formula is C20H24N2O2S. The molecule has 132 valence electrons. The molecule has 25 heavy (non-hydrogen) atoms. The van der Waals surface area contributed by atoms with E-state index in [1.165, 1.54) is 22.9 Å². The SMILES string of the molecule is Cc1ccc(NC(=O)CSCC(=O)NCc2ccc(C)cc2C)cc1. The zero-order valence-corrected chi connectivity index (χ0v) is 15.7. The molecule has 0 aromatic heterocycles. The molecule has 0 unspecified atom stereocenters. The molecule has 2 aromatic rings. The van der Waals surface area contributed by atoms with E-state index >= 15 is 0 Å². The molecule has 2 rings (SSSR count). The van der Waals surface area contributed by atoms with E-state index in [0.717, 1.165) is 16.8 Å². The van der Waals surface area contributed by atoms with Crippen molar-refractivity contribution in [3.05, 3.63) is 64.7 Å². The van der Waals surface area contributed by atoms with E-state index in [1.807, 2.05) is 57.2 Å². The Bertz CT molecular complexity index is 742. The standard InChI is InChI=1S/C20H24N2O2S/c1-14-5-8-18(9-6-14)22-20(24)13-25-12-19(23)21-11-17-7-4-15(2)10-16(17)3/h4-10H,11-13H2,1-3H3,(H,21,23)(H,22,24). The van der Waals surface area contributed by atoms with Gasteiger partial charge in [0, 0.05) is 12.2 Å². The summed E-state index contributed by atoms with van der Waals surface area (Å²) in [6.07, 6.45) is 0. The highest BCUT2D eigenvalue weighted by atomic mass is 32.2. The minimum absolute atomic E-state index is 0.0619. The summed E-state index contributed by atoms with van der Waals surface area (Å²) in [4.78, 5) is 23.8. The normalized spacial score (nSPS) is 10.4. The van der Waals surface area contributed by atoms with Crippen LogP contribution in [0.25, 0.3) is 0 Å². The lowest BCUT2D eigenvalue weighted by Crippen LogP contribution is -2.26. The van der Waals surface area contributed by atoms with Crippen LogP contribution in [0.4, 0.5) is 5.69 Å². The largest absolute Gasteiger partial charge is 0.351 e. The summed E-state index contributed by atoms with van der Waals surface area (Å²) < 4.78 is 0. The summed E-state index contributed by atoms with van der Waals surface area (Å²) in [6.45, 7) is 6.60. The van der Waals surface area contributed by atoms with E-state index in [1.54, 1.807) is 0 Å². The number of hydrogen-bond donors (Lipinski definition) is 2. The van der Waals surface area contributed by atoms with Crippen LogP contribution >= 0.6 is 11.8 Å². The van der Waals surface area contributed by atoms with E-state index < -0.39 is 0 Å². The van der Waals surface area contributed by atoms with E-state index in [0.29, 0.717) is 6.54 Å². The molecule has 0 aliphatic carbocycles. The van der Waals surface area contributed by atoms with Crippen molar-refractivity contribution in [3.8, 4) is 0 Å². The Morgan fingerprint density at radius 1 is 0.880 bits per heavy atom. The Morgan fingerprint density at radius 3 is 2.20 bits per heavy atom. The molecule has 0 saturated carbocycles. The van der Waals surface area contributed by atoms with Crippen molar-refractivity contribution >= 4 is 29.3 Å². The van der Waals surface area contributed by atoms with Crippen LogP contribution in [0.5, 0.6) is 0 Å². The smallest absolute Gasteiger partial charge is 0.234 e. The maximum absolute atomic E-state index is 11.9. The predicted octanol–water partition coefficient (Wildman–Crippen LogP) is 3.60. The van der Waals surface area contributed by atoms with Crippen LogP contribution in [-0.2, 0) is 16.1 Å². The summed E-state index contributed by atoms with van der Waals surface area (Å²) in [6, 6.07) is 13.8. The fourth-order valence-corrected chi connectivity index (χ4v) is 3.01. The molecule has 2 amide bonds. The number of nitrogens with one attached hydrogen (secondary N) is 2. The van der Waals surface area contributed by atoms with Crippen molar-refractivity contribution in [2.75, 3.05) is 16.8 Å². The van der Waals surface area contributed by atoms with E-state index in [2.05, 4.69) is 16.7 Å². The molecule has 0 atom stereocenters. The monoisotopic (exact) mass is 356 g/mol. The lowest BCUT2D eigenvalue weighted by molar-refractivity contribution is -0.118. The molecule has 0 heterocycles. The van der Waals surface area contributed by atoms with E-state index in [9.17, 15) is 9.59 Å². The third kappa shape index (κ3) is 6.63. The van der Waals surface area contributed by atoms with Gasteiger partial charge in [0.25, 0.3) is 0 Å². The van der Waals surface area contributed by atoms with Gasteiger partial charge in [0.15, 0.2) is 0 Å². The second-order valence-electron chi connectivity index (χ2n) is 6.11. The zero-order chi connectivity index (χ0) is 18.2. The highest BCUT2D eigenvalue weighted by Crippen LogP contribution is 2.11. The number of amides is 2. The van der Waals surface area contributed by atoms with Crippen LogP contribution in [-0.4, -0.2) is 23.3 Å². The van der Waals surface area contributed by atoms with E-state index in [4.69, 9.17) is 0 Å². The summed E-state index contributed by atoms with van der Waals surface area (Å²) in [7, 11) is 0. The van der Waals surface area contributed by atoms with Crippen molar-refractivity contribution in [1.29, 1.82) is 0 Å². The lowest BCUT2D eigenvalue weighted by atomic mass is 10.1. The zero-order valence-electron chi connectivity index (χ0n) is 14.9. The van der Waals surface area contributed by atoms with Crippen molar-refractivity contribution < 1.29 is 9.59 Å². The first-order valence-electron chi connectivity index (χ1n) is 8.21. The average molecular weight is 356 g/mol. The molecule has 0 fully saturated rings. The Hall–Kier alpha value is -2.27. The number of anilines is 1. The van der Waals surface area contributed by atoms with Crippen LogP contribution in [0.15, 0.2) is 42.5 Å². The van der Waals surface area contributed by atoms with Gasteiger partial charge in [-0.05, 0) is 44.0 Å². The molecule has 0 saturated heterocycles. The maximum atomic E-state index is 11.9. The second kappa shape index (κ2) is 9.28. The van der Waals surface area contributed by atoms with Gasteiger partial charge < -0.3 is 10.6 Å². The molecule has 0 spiro atoms. The first kappa shape index (κ1) is 19.1. The Labute approximate surface area is 153 Å². The molecular weight excluding hydrogens is 332 g/mol. The molecule has 0 aliphatic heterocycles. The maximum Gasteiger partial charge on any atom is 0.234 e. The molecule has 0 radical (unpaired) electrons. The number of aryl methyl sites for hydroxylation is 3. The first-order valence-corrected chi connectivity index (χ1v) is 9.36. The molecule has 2 N–H and O–H groups in total. The predicted molar refractivity (Wildman–Crippen MR) is 105 cm³/mol. The first-order chi connectivity index (χ1) is 11.9. The molecule has 0 bridgehead atoms. The van der Waals surface area contributed by atoms with Crippen LogP contribution in [0.1, 0.15) is 22.3 Å². The average Bonchev–Trinajstić information content (AvgIpc) is 2.56. The van der Waals surface area contributed by atoms with Gasteiger partial charge in [0.05, 0.1) is 11.5 Å². The van der Waals surface area contributed by atoms with Crippen LogP contribution in [0.2, 0.25) is 0 Å². The van der Waals surface area contributed by atoms with Crippen molar-refractivity contribution in [2.45, 2.75) is 27.3 Å². The third-order valence-electron chi connectivity index (χ3n) is 3.78. The highest BCUT2D eigenvalue weighted by molar-refractivity contribution is 8.00. The molecule has 4 nitrogen and oxygen atoms in total. The van der Waals surface area contributed by atoms with Gasteiger partial charge in [-0.1, -0.05) is 41.5 Å². The quantitative estimate of drug-likeness (QED) is 0.797. The minimum Gasteiger partial charge on any atom is -0.351 e. The number of hydrogen-bond acceptors (Lipinski definition) is 3. The Morgan fingerprint density at radius 2 is 1.52 bits per heavy atom. The molecule has 2 aromatic carbocycles. The number of thioether (sulfide) groups is 1. The van der Waals surface area contributed by atoms with Gasteiger partial charge in [-0.3, -0.25) is 9.59 Å². The lowest BCUT2D eigenvalue weighted by Gasteiger charge is -2.09. The topological polar surface area (TPSA) is 58.2 Å². The fraction of sp³-hybridized carbons (Fsp3) is 0.300.